The van der Waals surface area contributed by atoms with Crippen LogP contribution in [0.2, 0.25) is 0 Å². The highest BCUT2D eigenvalue weighted by atomic mass is 16.5. The first-order valence-electron chi connectivity index (χ1n) is 15.2. The first kappa shape index (κ1) is 29.1. The molecule has 2 aromatic heterocycles. The summed E-state index contributed by atoms with van der Waals surface area (Å²) in [6.45, 7) is 3.00. The Balaban J connectivity index is 1.03. The third-order valence-corrected chi connectivity index (χ3v) is 8.14. The Morgan fingerprint density at radius 3 is 2.36 bits per heavy atom. The Labute approximate surface area is 257 Å². The number of piperidine rings is 1. The number of carbonyl (C=O) groups excluding carboxylic acids is 1. The van der Waals surface area contributed by atoms with Crippen LogP contribution >= 0.6 is 0 Å². The number of fused-ring (bicyclic) bond motifs is 1. The molecule has 6 rings (SSSR count). The van der Waals surface area contributed by atoms with Gasteiger partial charge in [0.05, 0.1) is 22.8 Å². The number of ether oxygens (including phenoxy) is 1. The second kappa shape index (κ2) is 13.6. The molecule has 0 spiro atoms. The van der Waals surface area contributed by atoms with Crippen LogP contribution in [0.5, 0.6) is 11.5 Å². The van der Waals surface area contributed by atoms with Crippen LogP contribution in [0, 0.1) is 0 Å². The molecular formula is C34H38N8O2. The molecule has 0 unspecified atom stereocenters. The molecule has 1 fully saturated rings. The topological polar surface area (TPSA) is 137 Å². The summed E-state index contributed by atoms with van der Waals surface area (Å²) >= 11 is 0. The molecule has 0 atom stereocenters. The summed E-state index contributed by atoms with van der Waals surface area (Å²) in [7, 11) is 0. The van der Waals surface area contributed by atoms with Gasteiger partial charge in [-0.1, -0.05) is 36.8 Å². The molecule has 1 amide bonds. The molecule has 3 aromatic carbocycles. The molecular weight excluding hydrogens is 552 g/mol. The monoisotopic (exact) mass is 590 g/mol. The van der Waals surface area contributed by atoms with E-state index in [-0.39, 0.29) is 11.9 Å². The number of nitrogens with zero attached hydrogens (tertiary/aromatic N) is 5. The van der Waals surface area contributed by atoms with Crippen molar-refractivity contribution in [2.75, 3.05) is 36.4 Å². The second-order valence-corrected chi connectivity index (χ2v) is 11.2. The molecule has 0 bridgehead atoms. The normalized spacial score (nSPS) is 14.1. The zero-order valence-corrected chi connectivity index (χ0v) is 24.7. The van der Waals surface area contributed by atoms with Gasteiger partial charge in [-0.3, -0.25) is 4.79 Å². The molecule has 1 saturated heterocycles. The van der Waals surface area contributed by atoms with Gasteiger partial charge in [0.1, 0.15) is 29.3 Å². The number of nitrogen functional groups attached to an aromatic ring is 2. The predicted octanol–water partition coefficient (Wildman–Crippen LogP) is 6.29. The van der Waals surface area contributed by atoms with E-state index >= 15 is 0 Å². The number of para-hydroxylation sites is 3. The number of benzene rings is 3. The fourth-order valence-corrected chi connectivity index (χ4v) is 5.77. The number of rotatable bonds is 11. The first-order chi connectivity index (χ1) is 21.5. The van der Waals surface area contributed by atoms with E-state index in [0.717, 1.165) is 85.5 Å². The van der Waals surface area contributed by atoms with Crippen LogP contribution in [0.4, 0.5) is 17.2 Å². The number of hydrogen-bond acceptors (Lipinski definition) is 8. The lowest BCUT2D eigenvalue weighted by atomic mass is 10.0. The number of anilines is 3. The van der Waals surface area contributed by atoms with E-state index in [1.165, 1.54) is 6.33 Å². The zero-order valence-electron chi connectivity index (χ0n) is 24.7. The van der Waals surface area contributed by atoms with E-state index in [1.54, 1.807) is 6.07 Å². The van der Waals surface area contributed by atoms with Crippen molar-refractivity contribution in [1.29, 1.82) is 0 Å². The number of amides is 1. The fourth-order valence-electron chi connectivity index (χ4n) is 5.77. The van der Waals surface area contributed by atoms with Gasteiger partial charge in [-0.05, 0) is 80.8 Å². The molecule has 0 radical (unpaired) electrons. The van der Waals surface area contributed by atoms with Crippen molar-refractivity contribution in [3.8, 4) is 22.8 Å². The Hall–Kier alpha value is -4.96. The molecule has 0 saturated carbocycles. The minimum atomic E-state index is 0.00967. The lowest BCUT2D eigenvalue weighted by molar-refractivity contribution is -0.116. The number of nitrogens with one attached hydrogen (secondary N) is 1. The summed E-state index contributed by atoms with van der Waals surface area (Å²) in [5, 5.41) is 8.74. The zero-order chi connectivity index (χ0) is 30.3. The lowest BCUT2D eigenvalue weighted by Gasteiger charge is -2.32. The van der Waals surface area contributed by atoms with Crippen LogP contribution in [0.25, 0.3) is 22.3 Å². The number of aromatic nitrogens is 4. The van der Waals surface area contributed by atoms with Crippen LogP contribution in [-0.4, -0.2) is 50.2 Å². The maximum absolute atomic E-state index is 12.3. The SMILES string of the molecule is Nc1ccccc1NC(=O)CCCCCN1CCC(n2nc(-c3ccc(Oc4ccccc4)cc3)c3c(N)ncnc32)CC1. The highest BCUT2D eigenvalue weighted by Gasteiger charge is 2.26. The maximum atomic E-state index is 12.3. The van der Waals surface area contributed by atoms with E-state index in [0.29, 0.717) is 23.6 Å². The van der Waals surface area contributed by atoms with Crippen molar-refractivity contribution >= 4 is 34.1 Å². The summed E-state index contributed by atoms with van der Waals surface area (Å²) in [6.07, 6.45) is 6.90. The Kier molecular flexibility index (Phi) is 8.98. The van der Waals surface area contributed by atoms with Gasteiger partial charge in [-0.25, -0.2) is 14.6 Å². The quantitative estimate of drug-likeness (QED) is 0.121. The van der Waals surface area contributed by atoms with Gasteiger partial charge in [0, 0.05) is 25.1 Å². The summed E-state index contributed by atoms with van der Waals surface area (Å²) in [6, 6.07) is 25.2. The van der Waals surface area contributed by atoms with E-state index in [9.17, 15) is 4.79 Å². The van der Waals surface area contributed by atoms with Gasteiger partial charge in [0.25, 0.3) is 0 Å². The van der Waals surface area contributed by atoms with Crippen molar-refractivity contribution in [1.82, 2.24) is 24.6 Å². The fraction of sp³-hybridized carbons (Fsp3) is 0.294. The number of unbranched alkanes of at least 4 members (excludes halogenated alkanes) is 2. The van der Waals surface area contributed by atoms with Crippen molar-refractivity contribution < 1.29 is 9.53 Å². The first-order valence-corrected chi connectivity index (χ1v) is 15.2. The summed E-state index contributed by atoms with van der Waals surface area (Å²) in [4.78, 5) is 23.7. The smallest absolute Gasteiger partial charge is 0.224 e. The van der Waals surface area contributed by atoms with Crippen molar-refractivity contribution in [3.63, 3.8) is 0 Å². The summed E-state index contributed by atoms with van der Waals surface area (Å²) in [5.74, 6) is 1.98. The number of likely N-dealkylation sites (tertiary alicyclic amines) is 1. The number of carbonyl (C=O) groups is 1. The largest absolute Gasteiger partial charge is 0.457 e. The van der Waals surface area contributed by atoms with E-state index in [2.05, 4.69) is 20.2 Å². The average Bonchev–Trinajstić information content (AvgIpc) is 3.44. The number of nitrogens with two attached hydrogens (primary N) is 2. The van der Waals surface area contributed by atoms with Gasteiger partial charge in [0.15, 0.2) is 5.65 Å². The van der Waals surface area contributed by atoms with Crippen molar-refractivity contribution in [2.24, 2.45) is 0 Å². The maximum Gasteiger partial charge on any atom is 0.224 e. The lowest BCUT2D eigenvalue weighted by Crippen LogP contribution is -2.35. The molecule has 0 aliphatic carbocycles. The third kappa shape index (κ3) is 6.81. The summed E-state index contributed by atoms with van der Waals surface area (Å²) in [5.41, 5.74) is 16.0. The molecule has 44 heavy (non-hydrogen) atoms. The minimum Gasteiger partial charge on any atom is -0.457 e. The molecule has 3 heterocycles. The minimum absolute atomic E-state index is 0.00967. The van der Waals surface area contributed by atoms with Crippen LogP contribution in [0.3, 0.4) is 0 Å². The van der Waals surface area contributed by atoms with Gasteiger partial charge >= 0.3 is 0 Å². The van der Waals surface area contributed by atoms with Gasteiger partial charge in [-0.2, -0.15) is 5.10 Å². The Bertz CT molecular complexity index is 1700. The van der Waals surface area contributed by atoms with Gasteiger partial charge in [0.2, 0.25) is 5.91 Å². The molecule has 5 N–H and O–H groups in total. The van der Waals surface area contributed by atoms with Crippen LogP contribution in [0.1, 0.15) is 44.6 Å². The molecule has 1 aliphatic rings. The summed E-state index contributed by atoms with van der Waals surface area (Å²) < 4.78 is 8.02. The highest BCUT2D eigenvalue weighted by Crippen LogP contribution is 2.35. The molecule has 1 aliphatic heterocycles. The predicted molar refractivity (Wildman–Crippen MR) is 174 cm³/mol. The highest BCUT2D eigenvalue weighted by molar-refractivity contribution is 5.98. The number of hydrogen-bond donors (Lipinski definition) is 3. The van der Waals surface area contributed by atoms with Crippen molar-refractivity contribution in [3.05, 3.63) is 85.2 Å². The van der Waals surface area contributed by atoms with E-state index < -0.39 is 0 Å². The Morgan fingerprint density at radius 2 is 1.59 bits per heavy atom. The van der Waals surface area contributed by atoms with Gasteiger partial charge < -0.3 is 26.4 Å². The Morgan fingerprint density at radius 1 is 0.864 bits per heavy atom. The van der Waals surface area contributed by atoms with Crippen LogP contribution < -0.4 is 21.5 Å². The molecule has 5 aromatic rings. The van der Waals surface area contributed by atoms with Crippen LogP contribution in [0.15, 0.2) is 85.2 Å². The average molecular weight is 591 g/mol. The standard InChI is InChI=1S/C34H38N8O2/c35-28-11-6-7-12-29(28)39-30(43)13-5-2-8-20-41-21-18-25(19-22-41)42-34-31(33(36)37-23-38-34)32(40-42)24-14-16-27(17-15-24)44-26-9-3-1-4-10-26/h1,3-4,6-7,9-12,14-17,23,25H,2,5,8,13,18-22,35H2,(H,39,43)(H2,36,37,38). The van der Waals surface area contributed by atoms with Crippen molar-refractivity contribution in [2.45, 2.75) is 44.6 Å². The molecule has 10 nitrogen and oxygen atoms in total. The molecule has 10 heteroatoms. The third-order valence-electron chi connectivity index (χ3n) is 8.14. The van der Waals surface area contributed by atoms with Crippen LogP contribution in [-0.2, 0) is 4.79 Å². The van der Waals surface area contributed by atoms with E-state index in [4.69, 9.17) is 21.3 Å². The van der Waals surface area contributed by atoms with Gasteiger partial charge in [-0.15, -0.1) is 0 Å². The van der Waals surface area contributed by atoms with E-state index in [1.807, 2.05) is 77.5 Å². The molecule has 226 valence electrons. The second-order valence-electron chi connectivity index (χ2n) is 11.2.